The predicted molar refractivity (Wildman–Crippen MR) is 82.5 cm³/mol. The molecule has 0 saturated heterocycles. The number of nitrogens with zero attached hydrogens (tertiary/aromatic N) is 2. The lowest BCUT2D eigenvalue weighted by atomic mass is 10.1. The number of nitrogens with one attached hydrogen (secondary N) is 1. The number of hydrogen-bond donors (Lipinski definition) is 2. The number of hydrogen-bond acceptors (Lipinski definition) is 5. The minimum atomic E-state index is 0.444. The van der Waals surface area contributed by atoms with Crippen LogP contribution in [0.1, 0.15) is 41.3 Å². The number of benzene rings is 1. The molecule has 5 nitrogen and oxygen atoms in total. The summed E-state index contributed by atoms with van der Waals surface area (Å²) in [4.78, 5) is 9.04. The Balaban J connectivity index is 1.98. The molecule has 5 heteroatoms. The zero-order valence-corrected chi connectivity index (χ0v) is 12.6. The molecule has 1 aromatic heterocycles. The first-order valence-corrected chi connectivity index (χ1v) is 7.18. The van der Waals surface area contributed by atoms with Crippen molar-refractivity contribution in [3.8, 4) is 11.6 Å². The average molecular weight is 284 g/mol. The number of ether oxygens (including phenoxy) is 1. The van der Waals surface area contributed by atoms with Crippen LogP contribution in [0.25, 0.3) is 0 Å². The number of anilines is 1. The van der Waals surface area contributed by atoms with E-state index in [0.29, 0.717) is 17.6 Å². The third-order valence-electron chi connectivity index (χ3n) is 3.73. The van der Waals surface area contributed by atoms with Gasteiger partial charge in [0.2, 0.25) is 5.88 Å². The van der Waals surface area contributed by atoms with Crippen LogP contribution in [-0.4, -0.2) is 9.97 Å². The van der Waals surface area contributed by atoms with Crippen LogP contribution in [-0.2, 0) is 0 Å². The zero-order valence-electron chi connectivity index (χ0n) is 12.6. The molecule has 0 aliphatic heterocycles. The zero-order chi connectivity index (χ0) is 15.0. The van der Waals surface area contributed by atoms with E-state index in [9.17, 15) is 0 Å². The van der Waals surface area contributed by atoms with Crippen LogP contribution in [0.3, 0.4) is 0 Å². The molecule has 110 valence electrons. The molecule has 0 atom stereocenters. The first-order chi connectivity index (χ1) is 10.1. The van der Waals surface area contributed by atoms with E-state index in [4.69, 9.17) is 10.6 Å². The summed E-state index contributed by atoms with van der Waals surface area (Å²) >= 11 is 0. The van der Waals surface area contributed by atoms with Crippen molar-refractivity contribution in [2.24, 2.45) is 5.84 Å². The highest BCUT2D eigenvalue weighted by Gasteiger charge is 2.28. The molecule has 1 saturated carbocycles. The Labute approximate surface area is 124 Å². The molecule has 0 amide bonds. The van der Waals surface area contributed by atoms with Gasteiger partial charge in [-0.3, -0.25) is 0 Å². The van der Waals surface area contributed by atoms with Gasteiger partial charge >= 0.3 is 0 Å². The summed E-state index contributed by atoms with van der Waals surface area (Å²) in [6, 6.07) is 6.09. The third-order valence-corrected chi connectivity index (χ3v) is 3.73. The van der Waals surface area contributed by atoms with E-state index in [-0.39, 0.29) is 0 Å². The third kappa shape index (κ3) is 2.83. The van der Waals surface area contributed by atoms with Gasteiger partial charge in [0.05, 0.1) is 5.56 Å². The first kappa shape index (κ1) is 13.8. The second kappa shape index (κ2) is 5.33. The molecule has 3 N–H and O–H groups in total. The van der Waals surface area contributed by atoms with Crippen molar-refractivity contribution in [1.82, 2.24) is 9.97 Å². The number of aryl methyl sites for hydroxylation is 2. The van der Waals surface area contributed by atoms with Gasteiger partial charge in [0.1, 0.15) is 11.6 Å². The summed E-state index contributed by atoms with van der Waals surface area (Å²) in [5.41, 5.74) is 5.76. The lowest BCUT2D eigenvalue weighted by Crippen LogP contribution is -2.13. The Morgan fingerprint density at radius 1 is 1.19 bits per heavy atom. The Morgan fingerprint density at radius 3 is 2.57 bits per heavy atom. The second-order valence-corrected chi connectivity index (χ2v) is 5.65. The highest BCUT2D eigenvalue weighted by molar-refractivity contribution is 5.50. The van der Waals surface area contributed by atoms with Crippen LogP contribution in [0.2, 0.25) is 0 Å². The second-order valence-electron chi connectivity index (χ2n) is 5.65. The van der Waals surface area contributed by atoms with Gasteiger partial charge in [-0.15, -0.1) is 0 Å². The van der Waals surface area contributed by atoms with E-state index in [1.54, 1.807) is 0 Å². The lowest BCUT2D eigenvalue weighted by Gasteiger charge is -2.14. The number of rotatable bonds is 4. The maximum Gasteiger partial charge on any atom is 0.227 e. The maximum atomic E-state index is 6.01. The Morgan fingerprint density at radius 2 is 1.95 bits per heavy atom. The van der Waals surface area contributed by atoms with Crippen molar-refractivity contribution in [3.63, 3.8) is 0 Å². The number of aromatic nitrogens is 2. The molecule has 3 rings (SSSR count). The number of nitrogen functional groups attached to an aromatic ring is 1. The summed E-state index contributed by atoms with van der Waals surface area (Å²) < 4.78 is 6.01. The molecule has 1 aliphatic carbocycles. The fourth-order valence-corrected chi connectivity index (χ4v) is 2.29. The van der Waals surface area contributed by atoms with Crippen LogP contribution in [0.5, 0.6) is 11.6 Å². The van der Waals surface area contributed by atoms with E-state index >= 15 is 0 Å². The molecule has 0 bridgehead atoms. The van der Waals surface area contributed by atoms with Crippen molar-refractivity contribution in [2.75, 3.05) is 5.43 Å². The van der Waals surface area contributed by atoms with Crippen molar-refractivity contribution in [1.29, 1.82) is 0 Å². The van der Waals surface area contributed by atoms with Crippen LogP contribution < -0.4 is 16.0 Å². The molecule has 21 heavy (non-hydrogen) atoms. The highest BCUT2D eigenvalue weighted by atomic mass is 16.5. The van der Waals surface area contributed by atoms with E-state index in [0.717, 1.165) is 35.5 Å². The van der Waals surface area contributed by atoms with Gasteiger partial charge in [0, 0.05) is 5.92 Å². The maximum absolute atomic E-state index is 6.01. The van der Waals surface area contributed by atoms with E-state index in [1.807, 2.05) is 26.0 Å². The smallest absolute Gasteiger partial charge is 0.227 e. The Hall–Kier alpha value is -2.14. The fourth-order valence-electron chi connectivity index (χ4n) is 2.29. The van der Waals surface area contributed by atoms with Gasteiger partial charge in [-0.1, -0.05) is 17.7 Å². The van der Waals surface area contributed by atoms with E-state index in [1.165, 1.54) is 5.56 Å². The van der Waals surface area contributed by atoms with Crippen LogP contribution >= 0.6 is 0 Å². The topological polar surface area (TPSA) is 73.1 Å². The quantitative estimate of drug-likeness (QED) is 0.665. The summed E-state index contributed by atoms with van der Waals surface area (Å²) in [6.07, 6.45) is 2.27. The van der Waals surface area contributed by atoms with Gasteiger partial charge in [-0.25, -0.2) is 10.8 Å². The van der Waals surface area contributed by atoms with E-state index < -0.39 is 0 Å². The summed E-state index contributed by atoms with van der Waals surface area (Å²) in [7, 11) is 0. The van der Waals surface area contributed by atoms with Crippen LogP contribution in [0.15, 0.2) is 18.2 Å². The molecule has 1 aromatic carbocycles. The SMILES string of the molecule is Cc1ccc(Oc2nc(C3CC3)nc(NN)c2C)c(C)c1. The van der Waals surface area contributed by atoms with E-state index in [2.05, 4.69) is 28.4 Å². The highest BCUT2D eigenvalue weighted by Crippen LogP contribution is 2.40. The molecular formula is C16H20N4O. The van der Waals surface area contributed by atoms with Crippen molar-refractivity contribution in [2.45, 2.75) is 39.5 Å². The lowest BCUT2D eigenvalue weighted by molar-refractivity contribution is 0.451. The normalized spacial score (nSPS) is 14.1. The fraction of sp³-hybridized carbons (Fsp3) is 0.375. The molecule has 0 radical (unpaired) electrons. The number of hydrazine groups is 1. The van der Waals surface area contributed by atoms with Crippen molar-refractivity contribution >= 4 is 5.82 Å². The molecule has 1 heterocycles. The number of nitrogens with two attached hydrogens (primary N) is 1. The van der Waals surface area contributed by atoms with Gasteiger partial charge in [0.25, 0.3) is 0 Å². The van der Waals surface area contributed by atoms with Gasteiger partial charge < -0.3 is 10.2 Å². The van der Waals surface area contributed by atoms with Gasteiger partial charge in [0.15, 0.2) is 5.82 Å². The molecular weight excluding hydrogens is 264 g/mol. The van der Waals surface area contributed by atoms with Gasteiger partial charge in [-0.05, 0) is 45.2 Å². The summed E-state index contributed by atoms with van der Waals surface area (Å²) in [6.45, 7) is 6.00. The minimum Gasteiger partial charge on any atom is -0.438 e. The summed E-state index contributed by atoms with van der Waals surface area (Å²) in [5.74, 6) is 8.83. The largest absolute Gasteiger partial charge is 0.438 e. The molecule has 1 aliphatic rings. The van der Waals surface area contributed by atoms with Crippen LogP contribution in [0.4, 0.5) is 5.82 Å². The average Bonchev–Trinajstić information content (AvgIpc) is 3.28. The first-order valence-electron chi connectivity index (χ1n) is 7.18. The standard InChI is InChI=1S/C16H20N4O/c1-9-4-7-13(10(2)8-9)21-16-11(3)14(20-17)18-15(19-16)12-5-6-12/h4,7-8,12H,5-6,17H2,1-3H3,(H,18,19,20). The molecule has 2 aromatic rings. The molecule has 1 fully saturated rings. The minimum absolute atomic E-state index is 0.444. The Kier molecular flexibility index (Phi) is 3.51. The molecule has 0 unspecified atom stereocenters. The van der Waals surface area contributed by atoms with Crippen molar-refractivity contribution < 1.29 is 4.74 Å². The molecule has 0 spiro atoms. The van der Waals surface area contributed by atoms with Crippen LogP contribution in [0, 0.1) is 20.8 Å². The summed E-state index contributed by atoms with van der Waals surface area (Å²) in [5, 5.41) is 0. The van der Waals surface area contributed by atoms with Gasteiger partial charge in [-0.2, -0.15) is 4.98 Å². The predicted octanol–water partition coefficient (Wildman–Crippen LogP) is 3.36. The van der Waals surface area contributed by atoms with Crippen molar-refractivity contribution in [3.05, 3.63) is 40.7 Å². The monoisotopic (exact) mass is 284 g/mol. The Bertz CT molecular complexity index is 680.